The van der Waals surface area contributed by atoms with Crippen molar-refractivity contribution in [1.29, 1.82) is 0 Å². The zero-order valence-corrected chi connectivity index (χ0v) is 14.4. The molecule has 0 rings (SSSR count). The van der Waals surface area contributed by atoms with Crippen molar-refractivity contribution >= 4 is 8.60 Å². The summed E-state index contributed by atoms with van der Waals surface area (Å²) in [6.07, 6.45) is -0.430. The highest BCUT2D eigenvalue weighted by Gasteiger charge is 2.34. The van der Waals surface area contributed by atoms with E-state index >= 15 is 0 Å². The summed E-state index contributed by atoms with van der Waals surface area (Å²) >= 11 is 0. The molecule has 0 aliphatic rings. The molecule has 0 atom stereocenters. The summed E-state index contributed by atoms with van der Waals surface area (Å²) in [5.74, 6) is 0. The topological polar surface area (TPSA) is 56.2 Å². The molecule has 0 unspecified atom stereocenters. The van der Waals surface area contributed by atoms with Gasteiger partial charge in [0.25, 0.3) is 0 Å². The van der Waals surface area contributed by atoms with Gasteiger partial charge in [0, 0.05) is 24.2 Å². The molecule has 0 spiro atoms. The van der Waals surface area contributed by atoms with Gasteiger partial charge >= 0.3 is 8.60 Å². The molecule has 0 aromatic rings. The largest absolute Gasteiger partial charge is 0.329 e. The summed E-state index contributed by atoms with van der Waals surface area (Å²) in [6, 6.07) is 1.000. The molecule has 5 nitrogen and oxygen atoms in total. The molecule has 0 aliphatic heterocycles. The van der Waals surface area contributed by atoms with Gasteiger partial charge in [-0.15, -0.1) is 0 Å². The van der Waals surface area contributed by atoms with Crippen LogP contribution in [-0.2, 0) is 4.52 Å². The van der Waals surface area contributed by atoms with Gasteiger partial charge in [0.2, 0.25) is 0 Å². The van der Waals surface area contributed by atoms with Crippen LogP contribution in [0.15, 0.2) is 0 Å². The molecular formula is C13H31N2O3P. The van der Waals surface area contributed by atoms with E-state index in [1.807, 2.05) is 0 Å². The number of hydrogen-bond acceptors (Lipinski definition) is 5. The molecular weight excluding hydrogens is 263 g/mol. The van der Waals surface area contributed by atoms with Gasteiger partial charge in [-0.2, -0.15) is 0 Å². The van der Waals surface area contributed by atoms with Crippen molar-refractivity contribution in [3.8, 4) is 0 Å². The summed E-state index contributed by atoms with van der Waals surface area (Å²) in [7, 11) is -2.39. The maximum absolute atomic E-state index is 9.29. The molecule has 0 bridgehead atoms. The van der Waals surface area contributed by atoms with Crippen molar-refractivity contribution in [2.24, 2.45) is 0 Å². The normalized spacial score (nSPS) is 13.6. The van der Waals surface area contributed by atoms with E-state index in [2.05, 4.69) is 65.2 Å². The molecule has 2 N–H and O–H groups in total. The molecule has 0 aliphatic carbocycles. The third kappa shape index (κ3) is 6.03. The van der Waals surface area contributed by atoms with Crippen LogP contribution in [0.25, 0.3) is 0 Å². The zero-order valence-electron chi connectivity index (χ0n) is 13.5. The standard InChI is InChI=1S/C13H31N2O3P/c1-9(2)14(10(3)4)13(18-19(16)17)15(11(5)6)12(7)8/h9-13,16-17H,1-8H3. The molecule has 0 aromatic carbocycles. The summed E-state index contributed by atoms with van der Waals surface area (Å²) in [6.45, 7) is 16.7. The Labute approximate surface area is 119 Å². The van der Waals surface area contributed by atoms with Gasteiger partial charge in [0.1, 0.15) is 0 Å². The molecule has 19 heavy (non-hydrogen) atoms. The lowest BCUT2D eigenvalue weighted by atomic mass is 10.2. The van der Waals surface area contributed by atoms with Crippen LogP contribution in [0.2, 0.25) is 0 Å². The van der Waals surface area contributed by atoms with Crippen molar-refractivity contribution in [3.63, 3.8) is 0 Å². The minimum atomic E-state index is -2.39. The van der Waals surface area contributed by atoms with Crippen molar-refractivity contribution in [1.82, 2.24) is 9.80 Å². The summed E-state index contributed by atoms with van der Waals surface area (Å²) < 4.78 is 5.45. The fourth-order valence-corrected chi connectivity index (χ4v) is 2.95. The van der Waals surface area contributed by atoms with Crippen LogP contribution in [0.1, 0.15) is 55.4 Å². The van der Waals surface area contributed by atoms with Gasteiger partial charge in [0.15, 0.2) is 6.35 Å². The van der Waals surface area contributed by atoms with Crippen LogP contribution < -0.4 is 0 Å². The molecule has 0 fully saturated rings. The predicted molar refractivity (Wildman–Crippen MR) is 80.5 cm³/mol. The lowest BCUT2D eigenvalue weighted by molar-refractivity contribution is -0.147. The van der Waals surface area contributed by atoms with E-state index < -0.39 is 15.0 Å². The van der Waals surface area contributed by atoms with Crippen LogP contribution in [0.4, 0.5) is 0 Å². The average Bonchev–Trinajstić information content (AvgIpc) is 2.12. The van der Waals surface area contributed by atoms with E-state index in [1.54, 1.807) is 0 Å². The highest BCUT2D eigenvalue weighted by atomic mass is 31.2. The first-order valence-corrected chi connectivity index (χ1v) is 8.15. The Hall–Kier alpha value is 0.230. The Morgan fingerprint density at radius 2 is 0.947 bits per heavy atom. The van der Waals surface area contributed by atoms with E-state index in [1.165, 1.54) is 0 Å². The Kier molecular flexibility index (Phi) is 8.60. The van der Waals surface area contributed by atoms with Gasteiger partial charge in [-0.05, 0) is 55.4 Å². The molecule has 0 saturated heterocycles. The minimum Gasteiger partial charge on any atom is -0.328 e. The minimum absolute atomic E-state index is 0.250. The van der Waals surface area contributed by atoms with Crippen molar-refractivity contribution in [2.45, 2.75) is 85.9 Å². The Morgan fingerprint density at radius 1 is 0.684 bits per heavy atom. The highest BCUT2D eigenvalue weighted by Crippen LogP contribution is 2.33. The van der Waals surface area contributed by atoms with Crippen LogP contribution >= 0.6 is 8.60 Å². The Bertz CT molecular complexity index is 212. The second-order valence-corrected chi connectivity index (χ2v) is 6.67. The SMILES string of the molecule is CC(C)N(C(C)C)C(OP(O)O)N(C(C)C)C(C)C. The highest BCUT2D eigenvalue weighted by molar-refractivity contribution is 7.39. The second kappa shape index (κ2) is 8.50. The molecule has 0 saturated carbocycles. The molecule has 0 radical (unpaired) electrons. The monoisotopic (exact) mass is 294 g/mol. The maximum Gasteiger partial charge on any atom is 0.329 e. The van der Waals surface area contributed by atoms with Crippen molar-refractivity contribution in [3.05, 3.63) is 0 Å². The summed E-state index contributed by atoms with van der Waals surface area (Å²) in [4.78, 5) is 22.9. The van der Waals surface area contributed by atoms with E-state index in [-0.39, 0.29) is 24.2 Å². The summed E-state index contributed by atoms with van der Waals surface area (Å²) in [5.41, 5.74) is 0. The molecule has 0 amide bonds. The predicted octanol–water partition coefficient (Wildman–Crippen LogP) is 2.74. The first kappa shape index (κ1) is 19.2. The van der Waals surface area contributed by atoms with Crippen LogP contribution in [0.5, 0.6) is 0 Å². The fraction of sp³-hybridized carbons (Fsp3) is 1.00. The smallest absolute Gasteiger partial charge is 0.328 e. The molecule has 0 heterocycles. The van der Waals surface area contributed by atoms with E-state index in [0.29, 0.717) is 0 Å². The average molecular weight is 294 g/mol. The molecule has 6 heteroatoms. The third-order valence-corrected chi connectivity index (χ3v) is 3.46. The number of hydrogen-bond donors (Lipinski definition) is 2. The van der Waals surface area contributed by atoms with Gasteiger partial charge in [-0.1, -0.05) is 0 Å². The third-order valence-electron chi connectivity index (χ3n) is 3.08. The lowest BCUT2D eigenvalue weighted by Gasteiger charge is -2.46. The lowest BCUT2D eigenvalue weighted by Crippen LogP contribution is -2.58. The first-order valence-electron chi connectivity index (χ1n) is 6.99. The fourth-order valence-electron chi connectivity index (χ4n) is 2.56. The Balaban J connectivity index is 5.36. The van der Waals surface area contributed by atoms with Gasteiger partial charge in [-0.3, -0.25) is 14.3 Å². The Morgan fingerprint density at radius 3 is 1.11 bits per heavy atom. The van der Waals surface area contributed by atoms with Crippen LogP contribution in [0, 0.1) is 0 Å². The van der Waals surface area contributed by atoms with E-state index in [0.717, 1.165) is 0 Å². The van der Waals surface area contributed by atoms with E-state index in [9.17, 15) is 9.79 Å². The maximum atomic E-state index is 9.29. The zero-order chi connectivity index (χ0) is 15.3. The quantitative estimate of drug-likeness (QED) is 0.532. The number of nitrogens with zero attached hydrogens (tertiary/aromatic N) is 2. The summed E-state index contributed by atoms with van der Waals surface area (Å²) in [5, 5.41) is 0. The second-order valence-electron chi connectivity index (χ2n) is 5.95. The van der Waals surface area contributed by atoms with Gasteiger partial charge < -0.3 is 9.79 Å². The van der Waals surface area contributed by atoms with Crippen LogP contribution in [-0.4, -0.2) is 50.1 Å². The first-order chi connectivity index (χ1) is 8.59. The van der Waals surface area contributed by atoms with Gasteiger partial charge in [0.05, 0.1) is 0 Å². The van der Waals surface area contributed by atoms with Crippen molar-refractivity contribution in [2.75, 3.05) is 0 Å². The molecule has 0 aromatic heterocycles. The van der Waals surface area contributed by atoms with Crippen molar-refractivity contribution < 1.29 is 14.3 Å². The van der Waals surface area contributed by atoms with Gasteiger partial charge in [-0.25, -0.2) is 0 Å². The molecule has 116 valence electrons. The number of rotatable bonds is 8. The van der Waals surface area contributed by atoms with E-state index in [4.69, 9.17) is 4.52 Å². The van der Waals surface area contributed by atoms with Crippen LogP contribution in [0.3, 0.4) is 0 Å².